The van der Waals surface area contributed by atoms with Gasteiger partial charge in [0.2, 0.25) is 10.0 Å². The first-order chi connectivity index (χ1) is 13.1. The minimum atomic E-state index is -3.50. The first-order valence-electron chi connectivity index (χ1n) is 9.45. The average molecular weight is 404 g/mol. The molecule has 1 aliphatic heterocycles. The van der Waals surface area contributed by atoms with Crippen LogP contribution in [0.5, 0.6) is 0 Å². The lowest BCUT2D eigenvalue weighted by molar-refractivity contribution is 0.383. The van der Waals surface area contributed by atoms with Crippen molar-refractivity contribution in [3.8, 4) is 0 Å². The zero-order valence-corrected chi connectivity index (χ0v) is 18.3. The number of hydrogen-bond donors (Lipinski definition) is 0. The molecule has 0 N–H and O–H groups in total. The van der Waals surface area contributed by atoms with Crippen LogP contribution in [0.25, 0.3) is 0 Å². The Hall–Kier alpha value is -2.19. The minimum Gasteiger partial charge on any atom is -0.363 e. The summed E-state index contributed by atoms with van der Waals surface area (Å²) in [5.74, 6) is 2.40. The fourth-order valence-corrected chi connectivity index (χ4v) is 5.15. The lowest BCUT2D eigenvalue weighted by atomic mass is 10.1. The van der Waals surface area contributed by atoms with Gasteiger partial charge in [0.1, 0.15) is 17.5 Å². The van der Waals surface area contributed by atoms with Gasteiger partial charge in [-0.3, -0.25) is 0 Å². The summed E-state index contributed by atoms with van der Waals surface area (Å²) < 4.78 is 28.0. The highest BCUT2D eigenvalue weighted by Gasteiger charge is 2.30. The maximum atomic E-state index is 13.2. The third kappa shape index (κ3) is 3.98. The van der Waals surface area contributed by atoms with Crippen LogP contribution in [0.2, 0.25) is 0 Å². The van der Waals surface area contributed by atoms with Gasteiger partial charge >= 0.3 is 0 Å². The van der Waals surface area contributed by atoms with Crippen molar-refractivity contribution in [1.82, 2.24) is 14.3 Å². The Morgan fingerprint density at radius 3 is 2.07 bits per heavy atom. The summed E-state index contributed by atoms with van der Waals surface area (Å²) in [7, 11) is 0.391. The molecule has 8 heteroatoms. The Labute approximate surface area is 168 Å². The van der Waals surface area contributed by atoms with Crippen molar-refractivity contribution in [1.29, 1.82) is 0 Å². The van der Waals surface area contributed by atoms with Gasteiger partial charge in [0.25, 0.3) is 0 Å². The average Bonchev–Trinajstić information content (AvgIpc) is 2.64. The molecular weight excluding hydrogens is 374 g/mol. The van der Waals surface area contributed by atoms with Gasteiger partial charge in [0, 0.05) is 46.3 Å². The monoisotopic (exact) mass is 403 g/mol. The van der Waals surface area contributed by atoms with E-state index in [1.165, 1.54) is 0 Å². The van der Waals surface area contributed by atoms with E-state index in [0.29, 0.717) is 36.9 Å². The van der Waals surface area contributed by atoms with Gasteiger partial charge in [-0.2, -0.15) is 4.31 Å². The van der Waals surface area contributed by atoms with Gasteiger partial charge in [0.15, 0.2) is 0 Å². The van der Waals surface area contributed by atoms with E-state index in [4.69, 9.17) is 0 Å². The largest absolute Gasteiger partial charge is 0.363 e. The molecule has 152 valence electrons. The van der Waals surface area contributed by atoms with Crippen molar-refractivity contribution >= 4 is 21.7 Å². The van der Waals surface area contributed by atoms with E-state index in [1.807, 2.05) is 58.8 Å². The Morgan fingerprint density at radius 2 is 1.46 bits per heavy atom. The number of sulfonamides is 1. The highest BCUT2D eigenvalue weighted by atomic mass is 32.2. The predicted molar refractivity (Wildman–Crippen MR) is 113 cm³/mol. The fraction of sp³-hybridized carbons (Fsp3) is 0.500. The molecule has 1 saturated heterocycles. The van der Waals surface area contributed by atoms with Gasteiger partial charge in [-0.05, 0) is 50.5 Å². The summed E-state index contributed by atoms with van der Waals surface area (Å²) in [5.41, 5.74) is 2.90. The van der Waals surface area contributed by atoms with Gasteiger partial charge in [0.05, 0.1) is 4.90 Å². The van der Waals surface area contributed by atoms with E-state index in [0.717, 1.165) is 28.3 Å². The summed E-state index contributed by atoms with van der Waals surface area (Å²) in [6.45, 7) is 9.78. The van der Waals surface area contributed by atoms with E-state index < -0.39 is 10.0 Å². The summed E-state index contributed by atoms with van der Waals surface area (Å²) in [6, 6.07) is 5.69. The maximum Gasteiger partial charge on any atom is 0.243 e. The number of hydrogen-bond acceptors (Lipinski definition) is 6. The fourth-order valence-electron chi connectivity index (χ4n) is 3.44. The SMILES string of the molecule is Cc1nc(N(C)C)cc(N2CCN(S(=O)(=O)c3cc(C)c(C)cc3C)CC2)n1. The normalized spacial score (nSPS) is 15.7. The maximum absolute atomic E-state index is 13.2. The summed E-state index contributed by atoms with van der Waals surface area (Å²) in [5, 5.41) is 0. The van der Waals surface area contributed by atoms with Crippen molar-refractivity contribution in [2.45, 2.75) is 32.6 Å². The second kappa shape index (κ2) is 7.67. The predicted octanol–water partition coefficient (Wildman–Crippen LogP) is 2.29. The van der Waals surface area contributed by atoms with Crippen molar-refractivity contribution in [3.63, 3.8) is 0 Å². The standard InChI is InChI=1S/C20H29N5O2S/c1-14-11-16(3)18(12-15(14)2)28(26,27)25-9-7-24(8-10-25)20-13-19(23(5)6)21-17(4)22-20/h11-13H,7-10H2,1-6H3. The Morgan fingerprint density at radius 1 is 0.857 bits per heavy atom. The second-order valence-electron chi connectivity index (χ2n) is 7.62. The molecule has 1 aliphatic rings. The Bertz CT molecular complexity index is 980. The van der Waals surface area contributed by atoms with Crippen LogP contribution in [0.15, 0.2) is 23.1 Å². The Kier molecular flexibility index (Phi) is 5.63. The van der Waals surface area contributed by atoms with E-state index in [-0.39, 0.29) is 0 Å². The molecule has 0 aliphatic carbocycles. The molecule has 2 heterocycles. The van der Waals surface area contributed by atoms with Crippen molar-refractivity contribution < 1.29 is 8.42 Å². The van der Waals surface area contributed by atoms with E-state index >= 15 is 0 Å². The zero-order chi connectivity index (χ0) is 20.6. The van der Waals surface area contributed by atoms with Gasteiger partial charge in [-0.15, -0.1) is 0 Å². The molecule has 0 radical (unpaired) electrons. The zero-order valence-electron chi connectivity index (χ0n) is 17.5. The van der Waals surface area contributed by atoms with Crippen molar-refractivity contribution in [3.05, 3.63) is 40.7 Å². The van der Waals surface area contributed by atoms with Crippen LogP contribution in [-0.2, 0) is 10.0 Å². The second-order valence-corrected chi connectivity index (χ2v) is 9.53. The molecule has 0 atom stereocenters. The quantitative estimate of drug-likeness (QED) is 0.780. The van der Waals surface area contributed by atoms with Crippen LogP contribution >= 0.6 is 0 Å². The van der Waals surface area contributed by atoms with E-state index in [9.17, 15) is 8.42 Å². The number of benzene rings is 1. The van der Waals surface area contributed by atoms with Crippen LogP contribution in [-0.4, -0.2) is 63.0 Å². The van der Waals surface area contributed by atoms with Crippen LogP contribution < -0.4 is 9.80 Å². The molecule has 2 aromatic rings. The first-order valence-corrected chi connectivity index (χ1v) is 10.9. The van der Waals surface area contributed by atoms with Crippen LogP contribution in [0.3, 0.4) is 0 Å². The van der Waals surface area contributed by atoms with E-state index in [2.05, 4.69) is 14.9 Å². The van der Waals surface area contributed by atoms with Crippen LogP contribution in [0, 0.1) is 27.7 Å². The van der Waals surface area contributed by atoms with Crippen LogP contribution in [0.1, 0.15) is 22.5 Å². The number of rotatable bonds is 4. The molecule has 0 spiro atoms. The number of anilines is 2. The number of nitrogens with zero attached hydrogens (tertiary/aromatic N) is 5. The number of piperazine rings is 1. The molecule has 1 fully saturated rings. The molecule has 0 bridgehead atoms. The van der Waals surface area contributed by atoms with E-state index in [1.54, 1.807) is 10.4 Å². The van der Waals surface area contributed by atoms with Crippen molar-refractivity contribution in [2.24, 2.45) is 0 Å². The molecule has 0 saturated carbocycles. The summed E-state index contributed by atoms with van der Waals surface area (Å²) >= 11 is 0. The first kappa shape index (κ1) is 20.5. The Balaban J connectivity index is 1.79. The summed E-state index contributed by atoms with van der Waals surface area (Å²) in [4.78, 5) is 13.5. The molecule has 1 aromatic carbocycles. The summed E-state index contributed by atoms with van der Waals surface area (Å²) in [6.07, 6.45) is 0. The molecule has 1 aromatic heterocycles. The highest BCUT2D eigenvalue weighted by Crippen LogP contribution is 2.26. The van der Waals surface area contributed by atoms with Gasteiger partial charge in [-0.25, -0.2) is 18.4 Å². The molecule has 28 heavy (non-hydrogen) atoms. The third-order valence-electron chi connectivity index (χ3n) is 5.24. The van der Waals surface area contributed by atoms with Gasteiger partial charge < -0.3 is 9.80 Å². The number of aromatic nitrogens is 2. The molecule has 7 nitrogen and oxygen atoms in total. The molecule has 0 unspecified atom stereocenters. The smallest absolute Gasteiger partial charge is 0.243 e. The number of aryl methyl sites for hydroxylation is 4. The van der Waals surface area contributed by atoms with Gasteiger partial charge in [-0.1, -0.05) is 6.07 Å². The topological polar surface area (TPSA) is 69.6 Å². The third-order valence-corrected chi connectivity index (χ3v) is 7.28. The minimum absolute atomic E-state index is 0.414. The molecular formula is C20H29N5O2S. The highest BCUT2D eigenvalue weighted by molar-refractivity contribution is 7.89. The lowest BCUT2D eigenvalue weighted by Crippen LogP contribution is -2.49. The molecule has 0 amide bonds. The lowest BCUT2D eigenvalue weighted by Gasteiger charge is -2.35. The van der Waals surface area contributed by atoms with Crippen molar-refractivity contribution in [2.75, 3.05) is 50.1 Å². The molecule has 3 rings (SSSR count). The van der Waals surface area contributed by atoms with Crippen LogP contribution in [0.4, 0.5) is 11.6 Å².